The monoisotopic (exact) mass is 415 g/mol. The van der Waals surface area contributed by atoms with Crippen LogP contribution >= 0.6 is 0 Å². The van der Waals surface area contributed by atoms with Crippen LogP contribution in [0.5, 0.6) is 11.5 Å². The molecule has 0 spiro atoms. The van der Waals surface area contributed by atoms with Gasteiger partial charge in [-0.2, -0.15) is 5.10 Å². The molecule has 2 aliphatic rings. The normalized spacial score (nSPS) is 17.3. The number of nitrogens with zero attached hydrogens (tertiary/aromatic N) is 2. The summed E-state index contributed by atoms with van der Waals surface area (Å²) in [5.41, 5.74) is 5.27. The molecule has 1 saturated carbocycles. The minimum Gasteiger partial charge on any atom is -0.497 e. The van der Waals surface area contributed by atoms with E-state index in [1.54, 1.807) is 14.2 Å². The molecule has 3 aromatic rings. The molecule has 2 aliphatic carbocycles. The summed E-state index contributed by atoms with van der Waals surface area (Å²) in [5.74, 6) is 1.93. The van der Waals surface area contributed by atoms with Crippen LogP contribution in [-0.4, -0.2) is 35.3 Å². The largest absolute Gasteiger partial charge is 0.497 e. The molecule has 2 aromatic carbocycles. The van der Waals surface area contributed by atoms with E-state index in [4.69, 9.17) is 9.47 Å². The summed E-state index contributed by atoms with van der Waals surface area (Å²) in [6.45, 7) is 0. The van der Waals surface area contributed by atoms with Crippen LogP contribution in [0.3, 0.4) is 0 Å². The van der Waals surface area contributed by atoms with Crippen LogP contribution in [0.1, 0.15) is 40.9 Å². The van der Waals surface area contributed by atoms with E-state index in [9.17, 15) is 5.21 Å². The van der Waals surface area contributed by atoms with Gasteiger partial charge in [0, 0.05) is 29.0 Å². The zero-order valence-electron chi connectivity index (χ0n) is 17.6. The molecule has 0 radical (unpaired) electrons. The van der Waals surface area contributed by atoms with E-state index in [0.717, 1.165) is 52.4 Å². The maximum absolute atomic E-state index is 9.57. The number of hydrogen-bond acceptors (Lipinski definition) is 5. The lowest BCUT2D eigenvalue weighted by atomic mass is 9.68. The van der Waals surface area contributed by atoms with E-state index in [1.165, 1.54) is 0 Å². The van der Waals surface area contributed by atoms with Gasteiger partial charge in [-0.1, -0.05) is 41.6 Å². The number of aromatic nitrogens is 2. The molecule has 0 atom stereocenters. The molecule has 1 fully saturated rings. The summed E-state index contributed by atoms with van der Waals surface area (Å²) in [6.07, 6.45) is 7.10. The van der Waals surface area contributed by atoms with Gasteiger partial charge in [0.15, 0.2) is 0 Å². The van der Waals surface area contributed by atoms with Crippen LogP contribution in [0.15, 0.2) is 59.8 Å². The van der Waals surface area contributed by atoms with Crippen molar-refractivity contribution >= 4 is 11.8 Å². The summed E-state index contributed by atoms with van der Waals surface area (Å²) in [4.78, 5) is 0. The lowest BCUT2D eigenvalue weighted by Gasteiger charge is -2.35. The predicted molar refractivity (Wildman–Crippen MR) is 119 cm³/mol. The lowest BCUT2D eigenvalue weighted by molar-refractivity contribution is 0.317. The zero-order chi connectivity index (χ0) is 21.4. The Kier molecular flexibility index (Phi) is 4.77. The van der Waals surface area contributed by atoms with E-state index in [-0.39, 0.29) is 0 Å². The van der Waals surface area contributed by atoms with Crippen molar-refractivity contribution in [3.8, 4) is 11.5 Å². The van der Waals surface area contributed by atoms with Crippen LogP contribution in [0.2, 0.25) is 0 Å². The molecule has 6 nitrogen and oxygen atoms in total. The summed E-state index contributed by atoms with van der Waals surface area (Å²) in [6, 6.07) is 16.3. The molecule has 158 valence electrons. The van der Waals surface area contributed by atoms with Crippen LogP contribution in [0.25, 0.3) is 6.08 Å². The van der Waals surface area contributed by atoms with Crippen molar-refractivity contribution in [2.24, 2.45) is 11.1 Å². The summed E-state index contributed by atoms with van der Waals surface area (Å²) >= 11 is 0. The quantitative estimate of drug-likeness (QED) is 0.351. The smallest absolute Gasteiger partial charge is 0.119 e. The first-order valence-corrected chi connectivity index (χ1v) is 10.5. The topological polar surface area (TPSA) is 79.7 Å². The molecule has 1 aromatic heterocycles. The van der Waals surface area contributed by atoms with Gasteiger partial charge in [0.25, 0.3) is 0 Å². The van der Waals surface area contributed by atoms with Crippen molar-refractivity contribution in [3.05, 3.63) is 82.7 Å². The number of nitrogens with one attached hydrogen (secondary N) is 1. The van der Waals surface area contributed by atoms with Crippen molar-refractivity contribution in [1.82, 2.24) is 10.2 Å². The summed E-state index contributed by atoms with van der Waals surface area (Å²) in [7, 11) is 3.36. The molecule has 0 amide bonds. The molecule has 2 N–H and O–H groups in total. The molecule has 1 heterocycles. The van der Waals surface area contributed by atoms with Crippen LogP contribution in [-0.2, 0) is 11.8 Å². The number of benzene rings is 2. The third kappa shape index (κ3) is 3.28. The molecular formula is C25H25N3O3. The molecule has 31 heavy (non-hydrogen) atoms. The summed E-state index contributed by atoms with van der Waals surface area (Å²) in [5, 5.41) is 20.9. The van der Waals surface area contributed by atoms with Crippen molar-refractivity contribution in [3.63, 3.8) is 0 Å². The van der Waals surface area contributed by atoms with E-state index < -0.39 is 5.41 Å². The van der Waals surface area contributed by atoms with Gasteiger partial charge in [-0.3, -0.25) is 5.10 Å². The number of aromatic amines is 1. The summed E-state index contributed by atoms with van der Waals surface area (Å²) < 4.78 is 11.0. The first-order valence-electron chi connectivity index (χ1n) is 10.5. The highest BCUT2D eigenvalue weighted by Crippen LogP contribution is 2.44. The van der Waals surface area contributed by atoms with Crippen LogP contribution in [0, 0.1) is 5.92 Å². The molecule has 5 rings (SSSR count). The Bertz CT molecular complexity index is 1130. The fourth-order valence-electron chi connectivity index (χ4n) is 4.50. The highest BCUT2D eigenvalue weighted by Gasteiger charge is 2.39. The fraction of sp³-hybridized carbons (Fsp3) is 0.280. The Balaban J connectivity index is 1.65. The number of allylic oxidation sites excluding steroid dienone is 1. The van der Waals surface area contributed by atoms with E-state index >= 15 is 0 Å². The second kappa shape index (κ2) is 7.61. The molecule has 0 aliphatic heterocycles. The maximum Gasteiger partial charge on any atom is 0.119 e. The standard InChI is InChI=1S/C25H25N3O3/c1-30-19-7-3-5-17(13-19)25(18-6-4-8-20(14-18)31-2)12-11-21-22(15-25)26-27-24(21)23(28-29)16-9-10-16/h3-8,11-14,16,29H,9-10,15H2,1-2H3,(H,26,27)/b28-23+. The number of rotatable bonds is 6. The number of H-pyrrole nitrogens is 1. The second-order valence-corrected chi connectivity index (χ2v) is 8.17. The first kappa shape index (κ1) is 19.4. The van der Waals surface area contributed by atoms with Crippen molar-refractivity contribution in [1.29, 1.82) is 0 Å². The lowest BCUT2D eigenvalue weighted by Crippen LogP contribution is -2.30. The number of fused-ring (bicyclic) bond motifs is 1. The fourth-order valence-corrected chi connectivity index (χ4v) is 4.50. The maximum atomic E-state index is 9.57. The van der Waals surface area contributed by atoms with Crippen molar-refractivity contribution in [2.75, 3.05) is 14.2 Å². The molecule has 0 bridgehead atoms. The molecular weight excluding hydrogens is 390 g/mol. The second-order valence-electron chi connectivity index (χ2n) is 8.17. The van der Waals surface area contributed by atoms with Crippen LogP contribution < -0.4 is 9.47 Å². The van der Waals surface area contributed by atoms with E-state index in [2.05, 4.69) is 51.8 Å². The average Bonchev–Trinajstić information content (AvgIpc) is 3.59. The van der Waals surface area contributed by atoms with Gasteiger partial charge >= 0.3 is 0 Å². The Morgan fingerprint density at radius 1 is 1.06 bits per heavy atom. The Morgan fingerprint density at radius 2 is 1.71 bits per heavy atom. The van der Waals surface area contributed by atoms with Gasteiger partial charge < -0.3 is 14.7 Å². The minimum absolute atomic E-state index is 0.300. The van der Waals surface area contributed by atoms with Gasteiger partial charge in [-0.25, -0.2) is 0 Å². The van der Waals surface area contributed by atoms with Gasteiger partial charge in [-0.05, 0) is 48.2 Å². The number of hydrogen-bond donors (Lipinski definition) is 2. The van der Waals surface area contributed by atoms with Gasteiger partial charge in [0.1, 0.15) is 22.9 Å². The third-order valence-corrected chi connectivity index (χ3v) is 6.36. The highest BCUT2D eigenvalue weighted by molar-refractivity contribution is 6.04. The minimum atomic E-state index is -0.421. The van der Waals surface area contributed by atoms with E-state index in [1.807, 2.05) is 24.3 Å². The zero-order valence-corrected chi connectivity index (χ0v) is 17.6. The predicted octanol–water partition coefficient (Wildman–Crippen LogP) is 4.57. The Morgan fingerprint density at radius 3 is 2.26 bits per heavy atom. The van der Waals surface area contributed by atoms with Crippen molar-refractivity contribution in [2.45, 2.75) is 24.7 Å². The average molecular weight is 415 g/mol. The Labute approximate surface area is 181 Å². The Hall–Kier alpha value is -3.54. The van der Waals surface area contributed by atoms with Gasteiger partial charge in [0.2, 0.25) is 0 Å². The van der Waals surface area contributed by atoms with Gasteiger partial charge in [0.05, 0.1) is 14.2 Å². The SMILES string of the molecule is COc1cccc(C2(c3cccc(OC)c3)C=Cc3c(/C(=N/O)C4CC4)n[nH]c3C2)c1. The first-order chi connectivity index (χ1) is 15.2. The number of methoxy groups -OCH3 is 2. The van der Waals surface area contributed by atoms with E-state index in [0.29, 0.717) is 18.1 Å². The number of ether oxygens (including phenoxy) is 2. The molecule has 0 saturated heterocycles. The third-order valence-electron chi connectivity index (χ3n) is 6.36. The van der Waals surface area contributed by atoms with Crippen molar-refractivity contribution < 1.29 is 14.7 Å². The molecule has 0 unspecified atom stereocenters. The van der Waals surface area contributed by atoms with Crippen LogP contribution in [0.4, 0.5) is 0 Å². The molecule has 6 heteroatoms. The number of oxime groups is 1. The van der Waals surface area contributed by atoms with Gasteiger partial charge in [-0.15, -0.1) is 0 Å². The highest BCUT2D eigenvalue weighted by atomic mass is 16.5.